The van der Waals surface area contributed by atoms with Crippen molar-refractivity contribution in [1.82, 2.24) is 4.90 Å². The molecule has 1 aliphatic heterocycles. The van der Waals surface area contributed by atoms with Gasteiger partial charge in [-0.3, -0.25) is 4.79 Å². The first-order valence-electron chi connectivity index (χ1n) is 6.94. The number of carboxylic acid groups (broad SMARTS) is 1. The van der Waals surface area contributed by atoms with Crippen LogP contribution in [0.1, 0.15) is 17.9 Å². The van der Waals surface area contributed by atoms with Gasteiger partial charge >= 0.3 is 5.97 Å². The van der Waals surface area contributed by atoms with Crippen molar-refractivity contribution in [2.45, 2.75) is 18.4 Å². The molecular formula is C15H16BrNO4. The molecule has 1 aromatic rings. The van der Waals surface area contributed by atoms with Gasteiger partial charge in [-0.05, 0) is 30.0 Å². The fourth-order valence-corrected chi connectivity index (χ4v) is 3.28. The van der Waals surface area contributed by atoms with Crippen molar-refractivity contribution in [3.8, 4) is 0 Å². The highest BCUT2D eigenvalue weighted by atomic mass is 79.9. The number of rotatable bonds is 3. The van der Waals surface area contributed by atoms with Crippen LogP contribution >= 0.6 is 15.9 Å². The van der Waals surface area contributed by atoms with Crippen LogP contribution in [0.3, 0.4) is 0 Å². The first kappa shape index (κ1) is 14.5. The number of amides is 1. The minimum absolute atomic E-state index is 0.0596. The summed E-state index contributed by atoms with van der Waals surface area (Å²) in [4.78, 5) is 25.2. The summed E-state index contributed by atoms with van der Waals surface area (Å²) in [6.07, 6.45) is 0.791. The third-order valence-electron chi connectivity index (χ3n) is 4.08. The molecule has 5 nitrogen and oxygen atoms in total. The van der Waals surface area contributed by atoms with E-state index in [-0.39, 0.29) is 24.3 Å². The average Bonchev–Trinajstić information content (AvgIpc) is 3.27. The van der Waals surface area contributed by atoms with Crippen molar-refractivity contribution >= 4 is 27.8 Å². The number of carbonyl (C=O) groups excluding carboxylic acids is 1. The van der Waals surface area contributed by atoms with Crippen LogP contribution in [-0.2, 0) is 14.3 Å². The molecule has 0 bridgehead atoms. The van der Waals surface area contributed by atoms with Gasteiger partial charge in [0.1, 0.15) is 0 Å². The number of hydrogen-bond acceptors (Lipinski definition) is 3. The van der Waals surface area contributed by atoms with Crippen LogP contribution in [0, 0.1) is 5.92 Å². The molecule has 1 amide bonds. The van der Waals surface area contributed by atoms with E-state index in [2.05, 4.69) is 15.9 Å². The van der Waals surface area contributed by atoms with E-state index in [1.165, 1.54) is 4.90 Å². The Morgan fingerprint density at radius 1 is 1.38 bits per heavy atom. The van der Waals surface area contributed by atoms with E-state index in [0.717, 1.165) is 16.5 Å². The highest BCUT2D eigenvalue weighted by Crippen LogP contribution is 2.49. The molecule has 1 N–H and O–H groups in total. The van der Waals surface area contributed by atoms with E-state index >= 15 is 0 Å². The maximum atomic E-state index is 12.5. The predicted molar refractivity (Wildman–Crippen MR) is 78.9 cm³/mol. The molecule has 6 heteroatoms. The predicted octanol–water partition coefficient (Wildman–Crippen LogP) is 1.86. The third kappa shape index (κ3) is 2.96. The van der Waals surface area contributed by atoms with E-state index in [1.807, 2.05) is 24.3 Å². The van der Waals surface area contributed by atoms with Gasteiger partial charge in [-0.2, -0.15) is 0 Å². The fraction of sp³-hybridized carbons (Fsp3) is 0.467. The maximum absolute atomic E-state index is 12.5. The molecule has 0 spiro atoms. The first-order chi connectivity index (χ1) is 10.1. The molecule has 2 fully saturated rings. The van der Waals surface area contributed by atoms with Gasteiger partial charge in [0.25, 0.3) is 0 Å². The topological polar surface area (TPSA) is 66.8 Å². The van der Waals surface area contributed by atoms with Crippen LogP contribution < -0.4 is 0 Å². The van der Waals surface area contributed by atoms with Crippen molar-refractivity contribution in [2.24, 2.45) is 5.92 Å². The molecule has 3 atom stereocenters. The summed E-state index contributed by atoms with van der Waals surface area (Å²) >= 11 is 3.43. The van der Waals surface area contributed by atoms with Crippen LogP contribution in [0.5, 0.6) is 0 Å². The van der Waals surface area contributed by atoms with E-state index in [4.69, 9.17) is 4.74 Å². The van der Waals surface area contributed by atoms with Crippen LogP contribution in [0.15, 0.2) is 28.7 Å². The molecular weight excluding hydrogens is 338 g/mol. The van der Waals surface area contributed by atoms with Gasteiger partial charge in [-0.1, -0.05) is 28.1 Å². The second-order valence-corrected chi connectivity index (χ2v) is 6.38. The number of benzene rings is 1. The van der Waals surface area contributed by atoms with E-state index in [0.29, 0.717) is 13.2 Å². The number of hydrogen-bond donors (Lipinski definition) is 1. The number of morpholine rings is 1. The van der Waals surface area contributed by atoms with Gasteiger partial charge in [-0.15, -0.1) is 0 Å². The lowest BCUT2D eigenvalue weighted by Gasteiger charge is -2.33. The second-order valence-electron chi connectivity index (χ2n) is 5.46. The zero-order chi connectivity index (χ0) is 15.0. The Kier molecular flexibility index (Phi) is 3.99. The first-order valence-corrected chi connectivity index (χ1v) is 7.73. The van der Waals surface area contributed by atoms with Crippen molar-refractivity contribution in [3.63, 3.8) is 0 Å². The summed E-state index contributed by atoms with van der Waals surface area (Å²) in [5.74, 6) is -0.954. The molecule has 0 radical (unpaired) electrons. The van der Waals surface area contributed by atoms with Gasteiger partial charge in [0.15, 0.2) is 6.04 Å². The lowest BCUT2D eigenvalue weighted by Crippen LogP contribution is -2.53. The molecule has 0 unspecified atom stereocenters. The number of carbonyl (C=O) groups is 2. The third-order valence-corrected chi connectivity index (χ3v) is 4.57. The largest absolute Gasteiger partial charge is 0.480 e. The molecule has 0 aromatic heterocycles. The lowest BCUT2D eigenvalue weighted by molar-refractivity contribution is -0.158. The summed E-state index contributed by atoms with van der Waals surface area (Å²) in [6.45, 7) is 0.844. The van der Waals surface area contributed by atoms with Crippen molar-refractivity contribution in [3.05, 3.63) is 34.3 Å². The minimum atomic E-state index is -0.997. The molecule has 112 valence electrons. The van der Waals surface area contributed by atoms with Crippen molar-refractivity contribution in [1.29, 1.82) is 0 Å². The molecule has 1 aliphatic carbocycles. The van der Waals surface area contributed by atoms with Crippen molar-refractivity contribution < 1.29 is 19.4 Å². The fourth-order valence-electron chi connectivity index (χ4n) is 2.86. The molecule has 1 heterocycles. The van der Waals surface area contributed by atoms with Gasteiger partial charge in [-0.25, -0.2) is 4.79 Å². The Morgan fingerprint density at radius 2 is 2.19 bits per heavy atom. The number of ether oxygens (including phenoxy) is 1. The van der Waals surface area contributed by atoms with E-state index in [9.17, 15) is 14.7 Å². The molecule has 1 saturated heterocycles. The van der Waals surface area contributed by atoms with Crippen LogP contribution in [0.4, 0.5) is 0 Å². The standard InChI is InChI=1S/C15H16BrNO4/c16-10-3-1-2-9(6-10)11-7-12(11)14(18)17-4-5-21-8-13(17)15(19)20/h1-3,6,11-13H,4-5,7-8H2,(H,19,20)/t11-,12-,13+/m1/s1. The Hall–Kier alpha value is -1.40. The highest BCUT2D eigenvalue weighted by molar-refractivity contribution is 9.10. The van der Waals surface area contributed by atoms with Crippen LogP contribution in [0.25, 0.3) is 0 Å². The Bertz CT molecular complexity index is 577. The highest BCUT2D eigenvalue weighted by Gasteiger charge is 2.48. The lowest BCUT2D eigenvalue weighted by atomic mass is 10.1. The van der Waals surface area contributed by atoms with E-state index in [1.54, 1.807) is 0 Å². The molecule has 3 rings (SSSR count). The Balaban J connectivity index is 1.70. The summed E-state index contributed by atoms with van der Waals surface area (Å²) in [5, 5.41) is 9.20. The second kappa shape index (κ2) is 5.77. The van der Waals surface area contributed by atoms with Gasteiger partial charge in [0, 0.05) is 16.9 Å². The summed E-state index contributed by atoms with van der Waals surface area (Å²) in [7, 11) is 0. The smallest absolute Gasteiger partial charge is 0.328 e. The molecule has 2 aliphatic rings. The van der Waals surface area contributed by atoms with Gasteiger partial charge < -0.3 is 14.7 Å². The van der Waals surface area contributed by atoms with E-state index < -0.39 is 12.0 Å². The minimum Gasteiger partial charge on any atom is -0.480 e. The maximum Gasteiger partial charge on any atom is 0.328 e. The summed E-state index contributed by atoms with van der Waals surface area (Å²) in [6, 6.07) is 7.08. The number of aliphatic carboxylic acids is 1. The number of carboxylic acids is 1. The average molecular weight is 354 g/mol. The Morgan fingerprint density at radius 3 is 2.90 bits per heavy atom. The van der Waals surface area contributed by atoms with Crippen LogP contribution in [0.2, 0.25) is 0 Å². The summed E-state index contributed by atoms with van der Waals surface area (Å²) in [5.41, 5.74) is 1.13. The quantitative estimate of drug-likeness (QED) is 0.900. The van der Waals surface area contributed by atoms with Gasteiger partial charge in [0.2, 0.25) is 5.91 Å². The van der Waals surface area contributed by atoms with Crippen molar-refractivity contribution in [2.75, 3.05) is 19.8 Å². The monoisotopic (exact) mass is 353 g/mol. The van der Waals surface area contributed by atoms with Gasteiger partial charge in [0.05, 0.1) is 13.2 Å². The summed E-state index contributed by atoms with van der Waals surface area (Å²) < 4.78 is 6.16. The molecule has 1 aromatic carbocycles. The Labute approximate surface area is 131 Å². The molecule has 1 saturated carbocycles. The SMILES string of the molecule is O=C(O)[C@@H]1COCCN1C(=O)[C@@H]1C[C@@H]1c1cccc(Br)c1. The normalized spacial score (nSPS) is 28.2. The zero-order valence-corrected chi connectivity index (χ0v) is 13.0. The van der Waals surface area contributed by atoms with Crippen LogP contribution in [-0.4, -0.2) is 47.7 Å². The molecule has 21 heavy (non-hydrogen) atoms. The number of halogens is 1. The number of nitrogens with zero attached hydrogens (tertiary/aromatic N) is 1. The zero-order valence-electron chi connectivity index (χ0n) is 11.4.